The van der Waals surface area contributed by atoms with E-state index in [1.165, 1.54) is 13.0 Å². The van der Waals surface area contributed by atoms with Gasteiger partial charge in [0, 0.05) is 45.3 Å². The molecule has 0 aromatic carbocycles. The number of allylic oxidation sites excluding steroid dienone is 1. The van der Waals surface area contributed by atoms with Crippen molar-refractivity contribution >= 4 is 40.7 Å². The van der Waals surface area contributed by atoms with Gasteiger partial charge in [0.15, 0.2) is 17.4 Å². The van der Waals surface area contributed by atoms with Gasteiger partial charge in [0.2, 0.25) is 11.6 Å². The van der Waals surface area contributed by atoms with Gasteiger partial charge in [-0.15, -0.1) is 0 Å². The Kier molecular flexibility index (Phi) is 7.67. The molecule has 0 bridgehead atoms. The molecule has 8 nitrogen and oxygen atoms in total. The van der Waals surface area contributed by atoms with E-state index in [1.54, 1.807) is 0 Å². The Hall–Kier alpha value is -2.11. The largest absolute Gasteiger partial charge is 0.481 e. The van der Waals surface area contributed by atoms with E-state index in [0.29, 0.717) is 23.5 Å². The minimum atomic E-state index is -0.994. The fourth-order valence-electron chi connectivity index (χ4n) is 3.18. The molecule has 1 atom stereocenters. The Morgan fingerprint density at radius 1 is 1.00 bits per heavy atom. The number of nitrogens with zero attached hydrogens (tertiary/aromatic N) is 3. The number of aliphatic carboxylic acids is 1. The summed E-state index contributed by atoms with van der Waals surface area (Å²) in [6, 6.07) is 0. The molecule has 3 heterocycles. The molecule has 0 amide bonds. The molecule has 1 aliphatic carbocycles. The van der Waals surface area contributed by atoms with Gasteiger partial charge in [-0.25, -0.2) is 0 Å². The smallest absolute Gasteiger partial charge is 0.314 e. The number of carboxylic acid groups (broad SMARTS) is 1. The first kappa shape index (κ1) is 23.2. The molecule has 1 N–H and O–H groups in total. The molecule has 0 spiro atoms. The molecule has 3 aliphatic heterocycles. The lowest BCUT2D eigenvalue weighted by molar-refractivity contribution is -0.146. The number of Topliss-reactive ketones (excluding diaryl/α,β-unsaturated/α-hetero) is 2. The van der Waals surface area contributed by atoms with Crippen LogP contribution in [0.2, 0.25) is 0 Å². The van der Waals surface area contributed by atoms with E-state index in [2.05, 4.69) is 0 Å². The van der Waals surface area contributed by atoms with Crippen LogP contribution >= 0.6 is 0 Å². The zero-order valence-electron chi connectivity index (χ0n) is 16.4. The third-order valence-electron chi connectivity index (χ3n) is 5.12. The van der Waals surface area contributed by atoms with Crippen molar-refractivity contribution in [3.05, 3.63) is 23.2 Å². The van der Waals surface area contributed by atoms with E-state index in [0.717, 1.165) is 52.1 Å². The Bertz CT molecular complexity index is 750. The molecule has 4 rings (SSSR count). The summed E-state index contributed by atoms with van der Waals surface area (Å²) in [6.45, 7) is 8.71. The summed E-state index contributed by atoms with van der Waals surface area (Å²) in [7, 11) is 0. The first-order valence-corrected chi connectivity index (χ1v) is 9.88. The summed E-state index contributed by atoms with van der Waals surface area (Å²) < 4.78 is 0. The highest BCUT2D eigenvalue weighted by molar-refractivity contribution is 6.22. The van der Waals surface area contributed by atoms with Crippen molar-refractivity contribution in [2.24, 2.45) is 5.92 Å². The average molecular weight is 419 g/mol. The SMILES string of the molecule is CCCCC(C(C)=O)C(=O)O.O=C1C=C(N2CC2)C(=O)C(N2CC2)=C1N1CC1.[AlH3]. The van der Waals surface area contributed by atoms with Crippen molar-refractivity contribution in [3.8, 4) is 0 Å². The van der Waals surface area contributed by atoms with Crippen LogP contribution in [0.25, 0.3) is 0 Å². The highest BCUT2D eigenvalue weighted by Gasteiger charge is 2.43. The maximum Gasteiger partial charge on any atom is 0.314 e. The van der Waals surface area contributed by atoms with Crippen molar-refractivity contribution in [1.29, 1.82) is 0 Å². The third kappa shape index (κ3) is 5.71. The van der Waals surface area contributed by atoms with Crippen LogP contribution in [0.15, 0.2) is 23.2 Å². The minimum absolute atomic E-state index is 0. The first-order valence-electron chi connectivity index (χ1n) is 9.88. The fraction of sp³-hybridized carbons (Fsp3) is 0.600. The minimum Gasteiger partial charge on any atom is -0.481 e. The molecule has 1 unspecified atom stereocenters. The first-order chi connectivity index (χ1) is 13.3. The normalized spacial score (nSPS) is 20.3. The van der Waals surface area contributed by atoms with E-state index in [4.69, 9.17) is 5.11 Å². The van der Waals surface area contributed by atoms with Crippen LogP contribution in [0.4, 0.5) is 0 Å². The van der Waals surface area contributed by atoms with Crippen LogP contribution in [0.1, 0.15) is 33.1 Å². The van der Waals surface area contributed by atoms with Gasteiger partial charge in [0.25, 0.3) is 0 Å². The summed E-state index contributed by atoms with van der Waals surface area (Å²) in [5.41, 5.74) is 1.89. The number of carbonyl (C=O) groups is 4. The summed E-state index contributed by atoms with van der Waals surface area (Å²) in [5, 5.41) is 8.55. The zero-order valence-corrected chi connectivity index (χ0v) is 16.4. The topological polar surface area (TPSA) is 97.5 Å². The van der Waals surface area contributed by atoms with Crippen LogP contribution < -0.4 is 0 Å². The van der Waals surface area contributed by atoms with E-state index in [-0.39, 0.29) is 34.7 Å². The van der Waals surface area contributed by atoms with E-state index in [1.807, 2.05) is 21.6 Å². The second-order valence-corrected chi connectivity index (χ2v) is 7.53. The van der Waals surface area contributed by atoms with Crippen LogP contribution in [0, 0.1) is 5.92 Å². The van der Waals surface area contributed by atoms with Gasteiger partial charge >= 0.3 is 5.97 Å². The number of hydrogen-bond acceptors (Lipinski definition) is 7. The van der Waals surface area contributed by atoms with Crippen molar-refractivity contribution in [3.63, 3.8) is 0 Å². The van der Waals surface area contributed by atoms with Gasteiger partial charge in [0.05, 0.1) is 5.70 Å². The Morgan fingerprint density at radius 3 is 1.93 bits per heavy atom. The molecule has 0 aromatic heterocycles. The molecule has 9 heteroatoms. The maximum absolute atomic E-state index is 12.4. The molecule has 3 fully saturated rings. The number of rotatable bonds is 8. The lowest BCUT2D eigenvalue weighted by Gasteiger charge is -2.21. The molecule has 0 aromatic rings. The van der Waals surface area contributed by atoms with Gasteiger partial charge in [-0.05, 0) is 13.3 Å². The van der Waals surface area contributed by atoms with Gasteiger partial charge in [-0.1, -0.05) is 19.8 Å². The third-order valence-corrected chi connectivity index (χ3v) is 5.12. The second kappa shape index (κ2) is 9.59. The fourth-order valence-corrected chi connectivity index (χ4v) is 3.18. The Morgan fingerprint density at radius 2 is 1.52 bits per heavy atom. The lowest BCUT2D eigenvalue weighted by Crippen LogP contribution is -2.29. The van der Waals surface area contributed by atoms with Gasteiger partial charge < -0.3 is 19.8 Å². The van der Waals surface area contributed by atoms with Crippen LogP contribution in [0.3, 0.4) is 0 Å². The van der Waals surface area contributed by atoms with Gasteiger partial charge in [-0.2, -0.15) is 0 Å². The molecule has 29 heavy (non-hydrogen) atoms. The molecule has 3 saturated heterocycles. The lowest BCUT2D eigenvalue weighted by atomic mass is 9.99. The quantitative estimate of drug-likeness (QED) is 0.243. The van der Waals surface area contributed by atoms with Gasteiger partial charge in [0.1, 0.15) is 23.1 Å². The monoisotopic (exact) mass is 419 g/mol. The van der Waals surface area contributed by atoms with Crippen LogP contribution in [-0.2, 0) is 19.2 Å². The van der Waals surface area contributed by atoms with Gasteiger partial charge in [-0.3, -0.25) is 19.2 Å². The molecular formula is C20H30AlN3O5. The zero-order chi connectivity index (χ0) is 20.4. The maximum atomic E-state index is 12.4. The number of carboxylic acids is 1. The molecule has 0 saturated carbocycles. The van der Waals surface area contributed by atoms with Crippen LogP contribution in [0.5, 0.6) is 0 Å². The average Bonchev–Trinajstić information content (AvgIpc) is 3.47. The second-order valence-electron chi connectivity index (χ2n) is 7.53. The molecular weight excluding hydrogens is 389 g/mol. The highest BCUT2D eigenvalue weighted by atomic mass is 27.0. The summed E-state index contributed by atoms with van der Waals surface area (Å²) >= 11 is 0. The Labute approximate surface area is 181 Å². The van der Waals surface area contributed by atoms with E-state index < -0.39 is 11.9 Å². The standard InChI is InChI=1S/C12H13N3O2.C8H14O3.Al.3H/c16-9-7-8(13-1-2-13)12(17)11(15-5-6-15)10(9)14-3-4-14;1-3-4-5-7(6(2)9)8(10)11;;;;/h7H,1-6H2;7H,3-5H2,1-2H3,(H,10,11);;;;. The predicted molar refractivity (Wildman–Crippen MR) is 111 cm³/mol. The van der Waals surface area contributed by atoms with E-state index in [9.17, 15) is 19.2 Å². The predicted octanol–water partition coefficient (Wildman–Crippen LogP) is -0.537. The molecule has 0 radical (unpaired) electrons. The molecule has 158 valence electrons. The number of carbonyl (C=O) groups excluding carboxylic acids is 3. The number of ketones is 3. The number of unbranched alkanes of at least 4 members (excludes halogenated alkanes) is 1. The Balaban J connectivity index is 0.000000222. The summed E-state index contributed by atoms with van der Waals surface area (Å²) in [4.78, 5) is 51.6. The van der Waals surface area contributed by atoms with Crippen molar-refractivity contribution in [2.45, 2.75) is 33.1 Å². The summed E-state index contributed by atoms with van der Waals surface area (Å²) in [6.07, 6.45) is 3.73. The van der Waals surface area contributed by atoms with Crippen molar-refractivity contribution in [1.82, 2.24) is 14.7 Å². The van der Waals surface area contributed by atoms with Crippen molar-refractivity contribution in [2.75, 3.05) is 39.3 Å². The van der Waals surface area contributed by atoms with Crippen molar-refractivity contribution < 1.29 is 24.3 Å². The molecule has 4 aliphatic rings. The van der Waals surface area contributed by atoms with E-state index >= 15 is 0 Å². The highest BCUT2D eigenvalue weighted by Crippen LogP contribution is 2.33. The summed E-state index contributed by atoms with van der Waals surface area (Å²) in [5.74, 6) is -1.97. The van der Waals surface area contributed by atoms with Crippen LogP contribution in [-0.4, -0.2) is 99.8 Å². The number of hydrogen-bond donors (Lipinski definition) is 1.